The van der Waals surface area contributed by atoms with E-state index in [0.29, 0.717) is 17.3 Å². The van der Waals surface area contributed by atoms with Crippen LogP contribution in [0.4, 0.5) is 0 Å². The van der Waals surface area contributed by atoms with E-state index in [9.17, 15) is 4.79 Å². The summed E-state index contributed by atoms with van der Waals surface area (Å²) >= 11 is 6.07. The number of nitrogens with zero attached hydrogens (tertiary/aromatic N) is 2. The van der Waals surface area contributed by atoms with Gasteiger partial charge in [0.05, 0.1) is 19.6 Å². The van der Waals surface area contributed by atoms with E-state index in [0.717, 1.165) is 24.2 Å². The second-order valence-electron chi connectivity index (χ2n) is 5.73. The molecule has 0 spiro atoms. The van der Waals surface area contributed by atoms with Crippen molar-refractivity contribution in [1.29, 1.82) is 0 Å². The fourth-order valence-corrected chi connectivity index (χ4v) is 3.22. The zero-order valence-electron chi connectivity index (χ0n) is 13.5. The Bertz CT molecular complexity index is 709. The van der Waals surface area contributed by atoms with Crippen LogP contribution in [0.5, 0.6) is 5.75 Å². The molecule has 3 rings (SSSR count). The van der Waals surface area contributed by atoms with Crippen LogP contribution in [0, 0.1) is 0 Å². The van der Waals surface area contributed by atoms with E-state index in [-0.39, 0.29) is 18.4 Å². The lowest BCUT2D eigenvalue weighted by Gasteiger charge is -2.36. The largest absolute Gasteiger partial charge is 0.496 e. The Kier molecular flexibility index (Phi) is 5.33. The normalized spacial score (nSPS) is 17.6. The van der Waals surface area contributed by atoms with Crippen LogP contribution in [0.25, 0.3) is 0 Å². The molecule has 126 valence electrons. The zero-order chi connectivity index (χ0) is 16.9. The molecule has 1 atom stereocenters. The number of pyridine rings is 1. The number of halogens is 1. The summed E-state index contributed by atoms with van der Waals surface area (Å²) < 4.78 is 5.35. The number of methoxy groups -OCH3 is 1. The van der Waals surface area contributed by atoms with Crippen LogP contribution in [-0.4, -0.2) is 42.5 Å². The lowest BCUT2D eigenvalue weighted by atomic mass is 10.0. The molecule has 1 N–H and O–H groups in total. The number of rotatable bonds is 4. The van der Waals surface area contributed by atoms with Gasteiger partial charge in [-0.1, -0.05) is 17.7 Å². The molecule has 0 bridgehead atoms. The van der Waals surface area contributed by atoms with E-state index in [4.69, 9.17) is 16.3 Å². The van der Waals surface area contributed by atoms with Crippen molar-refractivity contribution in [2.45, 2.75) is 12.5 Å². The molecule has 1 amide bonds. The van der Waals surface area contributed by atoms with Crippen molar-refractivity contribution < 1.29 is 9.53 Å². The minimum atomic E-state index is -0.00914. The first kappa shape index (κ1) is 16.7. The zero-order valence-corrected chi connectivity index (χ0v) is 14.3. The molecule has 1 unspecified atom stereocenters. The van der Waals surface area contributed by atoms with E-state index >= 15 is 0 Å². The molecule has 1 aliphatic rings. The summed E-state index contributed by atoms with van der Waals surface area (Å²) in [5.41, 5.74) is 1.84. The van der Waals surface area contributed by atoms with Gasteiger partial charge in [0.1, 0.15) is 5.75 Å². The lowest BCUT2D eigenvalue weighted by Crippen LogP contribution is -2.49. The highest BCUT2D eigenvalue weighted by molar-refractivity contribution is 6.30. The average Bonchev–Trinajstić information content (AvgIpc) is 2.62. The molecule has 1 aromatic heterocycles. The fourth-order valence-electron chi connectivity index (χ4n) is 3.02. The van der Waals surface area contributed by atoms with Gasteiger partial charge in [-0.05, 0) is 29.8 Å². The molecule has 0 aliphatic carbocycles. The third kappa shape index (κ3) is 3.68. The Labute approximate surface area is 146 Å². The first-order valence-electron chi connectivity index (χ1n) is 7.91. The molecule has 2 aromatic rings. The van der Waals surface area contributed by atoms with Gasteiger partial charge in [-0.15, -0.1) is 0 Å². The van der Waals surface area contributed by atoms with Gasteiger partial charge in [0.2, 0.25) is 5.91 Å². The summed E-state index contributed by atoms with van der Waals surface area (Å²) in [6.07, 6.45) is 3.82. The number of amides is 1. The van der Waals surface area contributed by atoms with Crippen LogP contribution >= 0.6 is 11.6 Å². The van der Waals surface area contributed by atoms with Crippen molar-refractivity contribution in [2.75, 3.05) is 26.7 Å². The Hall–Kier alpha value is -2.11. The molecule has 1 aliphatic heterocycles. The molecule has 5 nitrogen and oxygen atoms in total. The predicted octanol–water partition coefficient (Wildman–Crippen LogP) is 2.46. The SMILES string of the molecule is COc1ccc(Cl)cc1CC(=O)N1CCNCC1c1cccnc1. The first-order chi connectivity index (χ1) is 11.7. The number of nitrogens with one attached hydrogen (secondary N) is 1. The number of ether oxygens (including phenoxy) is 1. The van der Waals surface area contributed by atoms with Crippen molar-refractivity contribution in [3.05, 3.63) is 58.9 Å². The summed E-state index contributed by atoms with van der Waals surface area (Å²) in [5.74, 6) is 0.742. The molecule has 1 fully saturated rings. The second-order valence-corrected chi connectivity index (χ2v) is 6.16. The highest BCUT2D eigenvalue weighted by Gasteiger charge is 2.28. The van der Waals surface area contributed by atoms with Crippen LogP contribution in [-0.2, 0) is 11.2 Å². The summed E-state index contributed by atoms with van der Waals surface area (Å²) in [7, 11) is 1.60. The summed E-state index contributed by atoms with van der Waals surface area (Å²) in [6.45, 7) is 2.18. The van der Waals surface area contributed by atoms with Crippen LogP contribution in [0.1, 0.15) is 17.2 Å². The maximum Gasteiger partial charge on any atom is 0.227 e. The number of carbonyl (C=O) groups is 1. The van der Waals surface area contributed by atoms with Gasteiger partial charge in [-0.2, -0.15) is 0 Å². The predicted molar refractivity (Wildman–Crippen MR) is 93.3 cm³/mol. The number of aromatic nitrogens is 1. The molecular weight excluding hydrogens is 326 g/mol. The summed E-state index contributed by atoms with van der Waals surface area (Å²) in [4.78, 5) is 19.0. The number of piperazine rings is 1. The molecule has 1 saturated heterocycles. The minimum Gasteiger partial charge on any atom is -0.496 e. The van der Waals surface area contributed by atoms with Gasteiger partial charge in [0.15, 0.2) is 0 Å². The van der Waals surface area contributed by atoms with E-state index < -0.39 is 0 Å². The van der Waals surface area contributed by atoms with E-state index in [1.807, 2.05) is 23.2 Å². The summed E-state index contributed by atoms with van der Waals surface area (Å²) in [6, 6.07) is 9.24. The van der Waals surface area contributed by atoms with Crippen molar-refractivity contribution in [3.63, 3.8) is 0 Å². The average molecular weight is 346 g/mol. The van der Waals surface area contributed by atoms with Crippen molar-refractivity contribution >= 4 is 17.5 Å². The van der Waals surface area contributed by atoms with E-state index in [1.165, 1.54) is 0 Å². The third-order valence-electron chi connectivity index (χ3n) is 4.22. The maximum atomic E-state index is 12.9. The van der Waals surface area contributed by atoms with Crippen molar-refractivity contribution in [3.8, 4) is 5.75 Å². The van der Waals surface area contributed by atoms with Gasteiger partial charge in [0.25, 0.3) is 0 Å². The first-order valence-corrected chi connectivity index (χ1v) is 8.29. The van der Waals surface area contributed by atoms with Gasteiger partial charge in [0, 0.05) is 42.6 Å². The highest BCUT2D eigenvalue weighted by Crippen LogP contribution is 2.26. The highest BCUT2D eigenvalue weighted by atomic mass is 35.5. The van der Waals surface area contributed by atoms with E-state index in [2.05, 4.69) is 10.3 Å². The Morgan fingerprint density at radius 3 is 3.08 bits per heavy atom. The second kappa shape index (κ2) is 7.64. The Balaban J connectivity index is 1.81. The maximum absolute atomic E-state index is 12.9. The van der Waals surface area contributed by atoms with Crippen LogP contribution in [0.2, 0.25) is 5.02 Å². The van der Waals surface area contributed by atoms with Gasteiger partial charge >= 0.3 is 0 Å². The van der Waals surface area contributed by atoms with E-state index in [1.54, 1.807) is 31.5 Å². The lowest BCUT2D eigenvalue weighted by molar-refractivity contribution is -0.133. The van der Waals surface area contributed by atoms with Crippen molar-refractivity contribution in [2.24, 2.45) is 0 Å². The molecule has 24 heavy (non-hydrogen) atoms. The monoisotopic (exact) mass is 345 g/mol. The van der Waals surface area contributed by atoms with Gasteiger partial charge < -0.3 is 15.0 Å². The van der Waals surface area contributed by atoms with Gasteiger partial charge in [-0.25, -0.2) is 0 Å². The molecular formula is C18H20ClN3O2. The minimum absolute atomic E-state index is 0.00914. The standard InChI is InChI=1S/C18H20ClN3O2/c1-24-17-5-4-15(19)9-14(17)10-18(23)22-8-7-21-12-16(22)13-3-2-6-20-11-13/h2-6,9,11,16,21H,7-8,10,12H2,1H3. The summed E-state index contributed by atoms with van der Waals surface area (Å²) in [5, 5.41) is 3.95. The fraction of sp³-hybridized carbons (Fsp3) is 0.333. The Morgan fingerprint density at radius 2 is 2.33 bits per heavy atom. The topological polar surface area (TPSA) is 54.5 Å². The number of hydrogen-bond donors (Lipinski definition) is 1. The molecule has 0 radical (unpaired) electrons. The number of carbonyl (C=O) groups excluding carboxylic acids is 1. The number of hydrogen-bond acceptors (Lipinski definition) is 4. The third-order valence-corrected chi connectivity index (χ3v) is 4.45. The molecule has 6 heteroatoms. The smallest absolute Gasteiger partial charge is 0.227 e. The van der Waals surface area contributed by atoms with Crippen LogP contribution < -0.4 is 10.1 Å². The van der Waals surface area contributed by atoms with Gasteiger partial charge in [-0.3, -0.25) is 9.78 Å². The van der Waals surface area contributed by atoms with Crippen LogP contribution in [0.15, 0.2) is 42.7 Å². The van der Waals surface area contributed by atoms with Crippen molar-refractivity contribution in [1.82, 2.24) is 15.2 Å². The van der Waals surface area contributed by atoms with Crippen LogP contribution in [0.3, 0.4) is 0 Å². The molecule has 0 saturated carbocycles. The Morgan fingerprint density at radius 1 is 1.46 bits per heavy atom. The molecule has 2 heterocycles. The molecule has 1 aromatic carbocycles. The number of benzene rings is 1. The quantitative estimate of drug-likeness (QED) is 0.924.